The van der Waals surface area contributed by atoms with Crippen LogP contribution in [0.5, 0.6) is 5.88 Å². The molecule has 70 valence electrons. The Labute approximate surface area is 80.6 Å². The Kier molecular flexibility index (Phi) is 1.43. The van der Waals surface area contributed by atoms with Crippen LogP contribution in [0.15, 0.2) is 11.1 Å². The van der Waals surface area contributed by atoms with Crippen molar-refractivity contribution in [1.82, 2.24) is 9.78 Å². The van der Waals surface area contributed by atoms with Gasteiger partial charge in [0.25, 0.3) is 0 Å². The van der Waals surface area contributed by atoms with Crippen LogP contribution in [0.4, 0.5) is 0 Å². The van der Waals surface area contributed by atoms with E-state index in [0.29, 0.717) is 5.41 Å². The second-order valence-corrected chi connectivity index (χ2v) is 4.55. The van der Waals surface area contributed by atoms with Gasteiger partial charge in [-0.1, -0.05) is 0 Å². The fraction of sp³-hybridized carbons (Fsp3) is 0.625. The predicted octanol–water partition coefficient (Wildman–Crippen LogP) is 1.02. The van der Waals surface area contributed by atoms with Crippen molar-refractivity contribution in [3.8, 4) is 5.88 Å². The van der Waals surface area contributed by atoms with Gasteiger partial charge in [0.1, 0.15) is 4.90 Å². The Hall–Kier alpha value is -0.680. The first-order valence-corrected chi connectivity index (χ1v) is 5.26. The summed E-state index contributed by atoms with van der Waals surface area (Å²) in [5.74, 6) is 0.852. The van der Waals surface area contributed by atoms with Crippen molar-refractivity contribution in [2.45, 2.75) is 24.3 Å². The van der Waals surface area contributed by atoms with Crippen LogP contribution in [0.2, 0.25) is 0 Å². The highest BCUT2D eigenvalue weighted by Gasteiger charge is 2.47. The van der Waals surface area contributed by atoms with Gasteiger partial charge in [0.2, 0.25) is 5.88 Å². The Bertz CT molecular complexity index is 345. The van der Waals surface area contributed by atoms with Crippen LogP contribution < -0.4 is 9.88 Å². The number of hydrogen-bond donors (Lipinski definition) is 1. The molecule has 3 rings (SSSR count). The van der Waals surface area contributed by atoms with Crippen molar-refractivity contribution in [1.29, 1.82) is 0 Å². The molecule has 0 atom stereocenters. The van der Waals surface area contributed by atoms with E-state index in [1.165, 1.54) is 24.8 Å². The molecule has 0 radical (unpaired) electrons. The predicted molar refractivity (Wildman–Crippen MR) is 49.4 cm³/mol. The molecule has 2 heterocycles. The molecular weight excluding hydrogens is 186 g/mol. The van der Waals surface area contributed by atoms with Crippen LogP contribution in [-0.2, 0) is 6.54 Å². The summed E-state index contributed by atoms with van der Waals surface area (Å²) in [6.45, 7) is 1.84. The highest BCUT2D eigenvalue weighted by molar-refractivity contribution is 7.97. The van der Waals surface area contributed by atoms with Crippen molar-refractivity contribution in [2.24, 2.45) is 10.6 Å². The van der Waals surface area contributed by atoms with Crippen LogP contribution in [0.25, 0.3) is 0 Å². The zero-order chi connectivity index (χ0) is 8.89. The third kappa shape index (κ3) is 1.07. The van der Waals surface area contributed by atoms with Crippen molar-refractivity contribution < 1.29 is 4.74 Å². The Morgan fingerprint density at radius 3 is 3.15 bits per heavy atom. The first-order chi connectivity index (χ1) is 6.33. The summed E-state index contributed by atoms with van der Waals surface area (Å²) in [6.07, 6.45) is 4.33. The zero-order valence-electron chi connectivity index (χ0n) is 7.19. The van der Waals surface area contributed by atoms with Crippen LogP contribution in [0, 0.1) is 5.41 Å². The summed E-state index contributed by atoms with van der Waals surface area (Å²) in [5.41, 5.74) is 0.412. The molecule has 2 aliphatic rings. The van der Waals surface area contributed by atoms with E-state index < -0.39 is 0 Å². The molecule has 1 fully saturated rings. The molecule has 4 nitrogen and oxygen atoms in total. The third-order valence-corrected chi connectivity index (χ3v) is 3.38. The minimum Gasteiger partial charge on any atom is -0.476 e. The maximum Gasteiger partial charge on any atom is 0.227 e. The fourth-order valence-corrected chi connectivity index (χ4v) is 2.13. The molecular formula is C8H11N3OS. The maximum absolute atomic E-state index is 5.66. The van der Waals surface area contributed by atoms with E-state index in [-0.39, 0.29) is 0 Å². The average molecular weight is 197 g/mol. The zero-order valence-corrected chi connectivity index (χ0v) is 8.01. The molecule has 0 saturated heterocycles. The lowest BCUT2D eigenvalue weighted by Crippen LogP contribution is -2.27. The minimum atomic E-state index is 0.412. The highest BCUT2D eigenvalue weighted by Crippen LogP contribution is 2.50. The molecule has 2 N–H and O–H groups in total. The highest BCUT2D eigenvalue weighted by atomic mass is 32.2. The fourth-order valence-electron chi connectivity index (χ4n) is 1.76. The van der Waals surface area contributed by atoms with Crippen molar-refractivity contribution in [3.63, 3.8) is 0 Å². The molecule has 1 spiro atoms. The lowest BCUT2D eigenvalue weighted by molar-refractivity contribution is 0.145. The first-order valence-electron chi connectivity index (χ1n) is 4.38. The molecule has 1 aliphatic heterocycles. The molecule has 1 aromatic rings. The van der Waals surface area contributed by atoms with Gasteiger partial charge in [0.15, 0.2) is 0 Å². The Morgan fingerprint density at radius 1 is 1.62 bits per heavy atom. The second-order valence-electron chi connectivity index (χ2n) is 3.88. The van der Waals surface area contributed by atoms with E-state index >= 15 is 0 Å². The Balaban J connectivity index is 1.97. The molecule has 0 unspecified atom stereocenters. The van der Waals surface area contributed by atoms with Crippen molar-refractivity contribution >= 4 is 11.9 Å². The van der Waals surface area contributed by atoms with Crippen LogP contribution in [0.1, 0.15) is 12.8 Å². The summed E-state index contributed by atoms with van der Waals surface area (Å²) in [5, 5.41) is 9.74. The topological polar surface area (TPSA) is 53.1 Å². The molecule has 0 aromatic carbocycles. The largest absolute Gasteiger partial charge is 0.476 e. The average Bonchev–Trinajstić information content (AvgIpc) is 2.78. The molecule has 0 amide bonds. The van der Waals surface area contributed by atoms with Gasteiger partial charge in [-0.15, -0.1) is 0 Å². The van der Waals surface area contributed by atoms with E-state index in [1.54, 1.807) is 6.20 Å². The van der Waals surface area contributed by atoms with E-state index in [2.05, 4.69) is 5.10 Å². The number of fused-ring (bicyclic) bond motifs is 1. The van der Waals surface area contributed by atoms with Gasteiger partial charge in [0, 0.05) is 5.41 Å². The summed E-state index contributed by atoms with van der Waals surface area (Å²) >= 11 is 1.20. The number of hydrogen-bond acceptors (Lipinski definition) is 4. The number of aromatic nitrogens is 2. The van der Waals surface area contributed by atoms with Crippen molar-refractivity contribution in [2.75, 3.05) is 6.61 Å². The smallest absolute Gasteiger partial charge is 0.227 e. The lowest BCUT2D eigenvalue weighted by atomic mass is 10.1. The molecule has 1 aromatic heterocycles. The van der Waals surface area contributed by atoms with E-state index in [9.17, 15) is 0 Å². The minimum absolute atomic E-state index is 0.412. The molecule has 1 saturated carbocycles. The first kappa shape index (κ1) is 7.70. The van der Waals surface area contributed by atoms with E-state index in [1.807, 2.05) is 4.68 Å². The molecule has 13 heavy (non-hydrogen) atoms. The number of ether oxygens (including phenoxy) is 1. The molecule has 0 bridgehead atoms. The lowest BCUT2D eigenvalue weighted by Gasteiger charge is -2.23. The number of rotatable bonds is 1. The monoisotopic (exact) mass is 197 g/mol. The standard InChI is InChI=1S/C8H11N3OS/c9-13-6-3-10-11-4-8(1-2-8)5-12-7(6)11/h3H,1-2,4-5,9H2. The summed E-state index contributed by atoms with van der Waals surface area (Å²) in [6, 6.07) is 0. The van der Waals surface area contributed by atoms with Gasteiger partial charge in [-0.05, 0) is 24.8 Å². The number of nitrogens with two attached hydrogens (primary N) is 1. The number of nitrogens with zero attached hydrogens (tertiary/aromatic N) is 2. The van der Waals surface area contributed by atoms with Crippen LogP contribution >= 0.6 is 11.9 Å². The van der Waals surface area contributed by atoms with Crippen LogP contribution in [-0.4, -0.2) is 16.4 Å². The summed E-state index contributed by atoms with van der Waals surface area (Å²) in [4.78, 5) is 0.940. The van der Waals surface area contributed by atoms with Gasteiger partial charge < -0.3 is 4.74 Å². The Morgan fingerprint density at radius 2 is 2.46 bits per heavy atom. The maximum atomic E-state index is 5.66. The van der Waals surface area contributed by atoms with Gasteiger partial charge in [-0.3, -0.25) is 5.14 Å². The van der Waals surface area contributed by atoms with E-state index in [4.69, 9.17) is 9.88 Å². The summed E-state index contributed by atoms with van der Waals surface area (Å²) < 4.78 is 7.60. The second kappa shape index (κ2) is 2.42. The van der Waals surface area contributed by atoms with Gasteiger partial charge in [-0.2, -0.15) is 5.10 Å². The van der Waals surface area contributed by atoms with Gasteiger partial charge in [-0.25, -0.2) is 4.68 Å². The van der Waals surface area contributed by atoms with Gasteiger partial charge >= 0.3 is 0 Å². The SMILES string of the molecule is NSc1cnn2c1OCC1(CC1)C2. The summed E-state index contributed by atoms with van der Waals surface area (Å²) in [7, 11) is 0. The van der Waals surface area contributed by atoms with Crippen molar-refractivity contribution in [3.05, 3.63) is 6.20 Å². The van der Waals surface area contributed by atoms with Crippen LogP contribution in [0.3, 0.4) is 0 Å². The van der Waals surface area contributed by atoms with Gasteiger partial charge in [0.05, 0.1) is 19.3 Å². The van der Waals surface area contributed by atoms with E-state index in [0.717, 1.165) is 23.9 Å². The molecule has 1 aliphatic carbocycles. The third-order valence-electron chi connectivity index (χ3n) is 2.84. The molecule has 5 heteroatoms. The normalized spacial score (nSPS) is 22.5. The quantitative estimate of drug-likeness (QED) is 0.683.